The van der Waals surface area contributed by atoms with Crippen LogP contribution in [0.3, 0.4) is 0 Å². The lowest BCUT2D eigenvalue weighted by Crippen LogP contribution is -2.67. The predicted molar refractivity (Wildman–Crippen MR) is 172 cm³/mol. The van der Waals surface area contributed by atoms with Crippen LogP contribution in [-0.2, 0) is 33.2 Å². The molecule has 0 aromatic rings. The third kappa shape index (κ3) is 10.1. The number of ether oxygens (including phenoxy) is 6. The van der Waals surface area contributed by atoms with Crippen molar-refractivity contribution in [2.24, 2.45) is 28.7 Å². The van der Waals surface area contributed by atoms with Gasteiger partial charge in [-0.1, -0.05) is 0 Å². The van der Waals surface area contributed by atoms with Gasteiger partial charge in [0.1, 0.15) is 61.0 Å². The van der Waals surface area contributed by atoms with Crippen LogP contribution in [0.5, 0.6) is 0 Å². The van der Waals surface area contributed by atoms with Crippen molar-refractivity contribution in [3.63, 3.8) is 0 Å². The lowest BCUT2D eigenvalue weighted by Gasteiger charge is -2.47. The van der Waals surface area contributed by atoms with Crippen molar-refractivity contribution in [2.45, 2.75) is 136 Å². The molecule has 4 fully saturated rings. The van der Waals surface area contributed by atoms with Crippen LogP contribution in [0.15, 0.2) is 0 Å². The molecule has 22 nitrogen and oxygen atoms in total. The summed E-state index contributed by atoms with van der Waals surface area (Å²) in [4.78, 5) is 12.7. The second-order valence-corrected chi connectivity index (χ2v) is 13.4. The van der Waals surface area contributed by atoms with Crippen molar-refractivity contribution < 1.29 is 74.1 Å². The normalized spacial score (nSPS) is 45.4. The third-order valence-electron chi connectivity index (χ3n) is 9.65. The summed E-state index contributed by atoms with van der Waals surface area (Å²) in [5.41, 5.74) is 30.0. The number of aliphatic hydroxyl groups is 8. The molecule has 1 saturated carbocycles. The largest absolute Gasteiger partial charge is 0.395 e. The summed E-state index contributed by atoms with van der Waals surface area (Å²) < 4.78 is 35.6. The van der Waals surface area contributed by atoms with Crippen molar-refractivity contribution in [3.8, 4) is 0 Å². The monoisotopic (exact) mass is 743 g/mol. The molecular formula is C29H57N7O15. The van der Waals surface area contributed by atoms with Crippen LogP contribution in [-0.4, -0.2) is 202 Å². The Hall–Kier alpha value is -1.33. The highest BCUT2D eigenvalue weighted by atomic mass is 16.8. The van der Waals surface area contributed by atoms with Crippen molar-refractivity contribution in [1.29, 1.82) is 0 Å². The quantitative estimate of drug-likeness (QED) is 0.0652. The molecule has 51 heavy (non-hydrogen) atoms. The fraction of sp³-hybridized carbons (Fsp3) is 0.966. The Morgan fingerprint density at radius 2 is 1.41 bits per heavy atom. The highest BCUT2D eigenvalue weighted by Gasteiger charge is 2.54. The van der Waals surface area contributed by atoms with Crippen LogP contribution in [0.25, 0.3) is 0 Å². The minimum absolute atomic E-state index is 0.0191. The molecule has 0 aromatic heterocycles. The number of carbonyl (C=O) groups is 1. The molecule has 1 amide bonds. The molecule has 0 bridgehead atoms. The van der Waals surface area contributed by atoms with Crippen LogP contribution in [0, 0.1) is 0 Å². The van der Waals surface area contributed by atoms with Crippen LogP contribution in [0.1, 0.15) is 19.3 Å². The van der Waals surface area contributed by atoms with E-state index in [1.165, 1.54) is 0 Å². The lowest BCUT2D eigenvalue weighted by atomic mass is 9.83. The first kappa shape index (κ1) is 42.4. The first-order valence-electron chi connectivity index (χ1n) is 17.2. The summed E-state index contributed by atoms with van der Waals surface area (Å²) in [6.45, 7) is -0.627. The molecule has 22 heteroatoms. The molecule has 0 radical (unpaired) electrons. The van der Waals surface area contributed by atoms with Gasteiger partial charge in [0, 0.05) is 25.7 Å². The molecule has 1 aliphatic carbocycles. The molecule has 19 atom stereocenters. The summed E-state index contributed by atoms with van der Waals surface area (Å²) in [5.74, 6) is -0.822. The summed E-state index contributed by atoms with van der Waals surface area (Å²) in [5, 5.41) is 89.0. The first-order chi connectivity index (χ1) is 24.3. The van der Waals surface area contributed by atoms with Crippen LogP contribution in [0.2, 0.25) is 0 Å². The summed E-state index contributed by atoms with van der Waals surface area (Å²) in [6, 6.07) is -4.24. The molecule has 298 valence electrons. The van der Waals surface area contributed by atoms with Gasteiger partial charge in [-0.05, 0) is 25.8 Å². The second-order valence-electron chi connectivity index (χ2n) is 13.4. The Morgan fingerprint density at radius 3 is 2.06 bits per heavy atom. The fourth-order valence-corrected chi connectivity index (χ4v) is 6.70. The van der Waals surface area contributed by atoms with Crippen molar-refractivity contribution in [2.75, 3.05) is 39.4 Å². The molecule has 4 rings (SSSR count). The van der Waals surface area contributed by atoms with Gasteiger partial charge in [-0.25, -0.2) is 0 Å². The molecule has 2 unspecified atom stereocenters. The predicted octanol–water partition coefficient (Wildman–Crippen LogP) is -9.38. The Bertz CT molecular complexity index is 1080. The topological polar surface area (TPSA) is 388 Å². The molecule has 4 aliphatic rings. The molecule has 3 aliphatic heterocycles. The fourth-order valence-electron chi connectivity index (χ4n) is 6.70. The van der Waals surface area contributed by atoms with E-state index in [9.17, 15) is 40.5 Å². The van der Waals surface area contributed by atoms with Crippen molar-refractivity contribution >= 4 is 5.91 Å². The zero-order chi connectivity index (χ0) is 37.6. The van der Waals surface area contributed by atoms with E-state index in [1.54, 1.807) is 0 Å². The zero-order valence-corrected chi connectivity index (χ0v) is 28.2. The highest BCUT2D eigenvalue weighted by molar-refractivity contribution is 5.80. The van der Waals surface area contributed by atoms with Gasteiger partial charge in [0.25, 0.3) is 0 Å². The molecule has 0 spiro atoms. The van der Waals surface area contributed by atoms with E-state index < -0.39 is 129 Å². The Balaban J connectivity index is 1.55. The second kappa shape index (κ2) is 19.3. The zero-order valence-electron chi connectivity index (χ0n) is 28.2. The summed E-state index contributed by atoms with van der Waals surface area (Å²) in [7, 11) is 0. The summed E-state index contributed by atoms with van der Waals surface area (Å²) >= 11 is 0. The van der Waals surface area contributed by atoms with E-state index >= 15 is 0 Å². The van der Waals surface area contributed by atoms with Crippen LogP contribution >= 0.6 is 0 Å². The molecule has 3 heterocycles. The number of nitrogens with two attached hydrogens (primary N) is 5. The van der Waals surface area contributed by atoms with Crippen LogP contribution in [0.4, 0.5) is 0 Å². The van der Waals surface area contributed by atoms with E-state index in [2.05, 4.69) is 10.6 Å². The maximum atomic E-state index is 12.7. The van der Waals surface area contributed by atoms with E-state index in [-0.39, 0.29) is 52.0 Å². The molecular weight excluding hydrogens is 686 g/mol. The van der Waals surface area contributed by atoms with E-state index in [1.807, 2.05) is 0 Å². The van der Waals surface area contributed by atoms with Gasteiger partial charge >= 0.3 is 0 Å². The van der Waals surface area contributed by atoms with Gasteiger partial charge in [-0.15, -0.1) is 0 Å². The lowest BCUT2D eigenvalue weighted by molar-refractivity contribution is -0.296. The van der Waals surface area contributed by atoms with Gasteiger partial charge in [0.05, 0.1) is 43.5 Å². The Labute approximate surface area is 294 Å². The molecule has 0 aromatic carbocycles. The maximum absolute atomic E-state index is 12.7. The van der Waals surface area contributed by atoms with Crippen LogP contribution < -0.4 is 39.3 Å². The number of rotatable bonds is 16. The van der Waals surface area contributed by atoms with Gasteiger partial charge in [0.15, 0.2) is 18.9 Å². The number of carbonyl (C=O) groups excluding carboxylic acids is 1. The van der Waals surface area contributed by atoms with Gasteiger partial charge in [-0.3, -0.25) is 4.79 Å². The van der Waals surface area contributed by atoms with Gasteiger partial charge < -0.3 is 109 Å². The minimum atomic E-state index is -1.69. The van der Waals surface area contributed by atoms with E-state index in [0.717, 1.165) is 0 Å². The first-order valence-corrected chi connectivity index (χ1v) is 17.2. The van der Waals surface area contributed by atoms with Gasteiger partial charge in [0.2, 0.25) is 5.91 Å². The minimum Gasteiger partial charge on any atom is -0.395 e. The number of amides is 1. The average molecular weight is 744 g/mol. The summed E-state index contributed by atoms with van der Waals surface area (Å²) in [6.07, 6.45) is -20.1. The van der Waals surface area contributed by atoms with E-state index in [4.69, 9.17) is 62.2 Å². The number of hydrogen-bond donors (Lipinski definition) is 15. The van der Waals surface area contributed by atoms with Gasteiger partial charge in [-0.2, -0.15) is 0 Å². The SMILES string of the molecule is NCC[C@H](O)C(=O)N[C@@H]1C[C@H](N)[C@@H](O[C@H]2O[C@H](CNCCO)[C@@H](O)CC2N)[C@H](O[C@@H]2O[C@H](CO)[C@@H](O[C@H]3O[C@@H](CN)[C@@H](O)[C@H](O)C3N)[C@H]2O)[C@H]1O. The van der Waals surface area contributed by atoms with Crippen molar-refractivity contribution in [1.82, 2.24) is 10.6 Å². The number of nitrogens with one attached hydrogen (secondary N) is 2. The standard InChI is InChI=1S/C29H57N7O15/c30-2-1-13(39)26(45)36-12-5-10(32)23(49-27-11(33)6-14(40)16(47-27)8-35-3-4-37)25(19(12)41)51-29-22(44)24(17(9-38)48-29)50-28-18(34)21(43)20(42)15(7-31)46-28/h10-25,27-29,35,37-44H,1-9,30-34H2,(H,36,45)/t10-,11?,12+,13-,14-,15-,16+,17+,18?,19-,20+,21+,22+,23+,24+,25+,27+,28+,29-/m0/s1. The smallest absolute Gasteiger partial charge is 0.249 e. The van der Waals surface area contributed by atoms with Crippen molar-refractivity contribution in [3.05, 3.63) is 0 Å². The Morgan fingerprint density at radius 1 is 0.765 bits per heavy atom. The maximum Gasteiger partial charge on any atom is 0.249 e. The number of hydrogen-bond acceptors (Lipinski definition) is 21. The van der Waals surface area contributed by atoms with E-state index in [0.29, 0.717) is 0 Å². The highest BCUT2D eigenvalue weighted by Crippen LogP contribution is 2.34. The molecule has 20 N–H and O–H groups in total. The Kier molecular flexibility index (Phi) is 16.1. The average Bonchev–Trinajstić information content (AvgIpc) is 3.39. The molecule has 3 saturated heterocycles. The number of aliphatic hydroxyl groups excluding tert-OH is 8. The third-order valence-corrected chi connectivity index (χ3v) is 9.65.